The van der Waals surface area contributed by atoms with Crippen molar-refractivity contribution in [2.45, 2.75) is 25.3 Å². The van der Waals surface area contributed by atoms with Gasteiger partial charge in [-0.05, 0) is 36.6 Å². The van der Waals surface area contributed by atoms with Crippen molar-refractivity contribution in [2.75, 3.05) is 6.54 Å². The lowest BCUT2D eigenvalue weighted by Crippen LogP contribution is -2.25. The van der Waals surface area contributed by atoms with Crippen molar-refractivity contribution in [3.05, 3.63) is 70.8 Å². The molecule has 0 spiro atoms. The van der Waals surface area contributed by atoms with Gasteiger partial charge in [-0.3, -0.25) is 15.6 Å². The van der Waals surface area contributed by atoms with Crippen molar-refractivity contribution in [1.82, 2.24) is 5.32 Å². The Bertz CT molecular complexity index is 817. The summed E-state index contributed by atoms with van der Waals surface area (Å²) in [4.78, 5) is 10.7. The monoisotopic (exact) mass is 367 g/mol. The number of benzene rings is 2. The molecule has 27 heavy (non-hydrogen) atoms. The van der Waals surface area contributed by atoms with Crippen LogP contribution in [0.2, 0.25) is 0 Å². The lowest BCUT2D eigenvalue weighted by molar-refractivity contribution is -0.137. The van der Waals surface area contributed by atoms with Gasteiger partial charge in [-0.25, -0.2) is 0 Å². The van der Waals surface area contributed by atoms with E-state index in [1.807, 2.05) is 42.5 Å². The number of aliphatic carboxylic acids is 1. The van der Waals surface area contributed by atoms with Gasteiger partial charge in [0.1, 0.15) is 11.7 Å². The molecule has 1 unspecified atom stereocenters. The molecule has 142 valence electrons. The van der Waals surface area contributed by atoms with Gasteiger partial charge in [-0.15, -0.1) is 0 Å². The highest BCUT2D eigenvalue weighted by molar-refractivity contribution is 5.95. The highest BCUT2D eigenvalue weighted by Gasteiger charge is 2.13. The molecule has 0 aliphatic rings. The summed E-state index contributed by atoms with van der Waals surface area (Å²) < 4.78 is 0. The molecule has 0 bridgehead atoms. The average molecular weight is 367 g/mol. The Morgan fingerprint density at radius 1 is 1.04 bits per heavy atom. The van der Waals surface area contributed by atoms with Crippen LogP contribution < -0.4 is 16.8 Å². The molecule has 0 aliphatic carbocycles. The molecule has 2 aromatic rings. The summed E-state index contributed by atoms with van der Waals surface area (Å²) in [7, 11) is 0. The Balaban J connectivity index is 2.18. The molecule has 8 N–H and O–H groups in total. The molecule has 7 heteroatoms. The Kier molecular flexibility index (Phi) is 7.08. The topological polar surface area (TPSA) is 149 Å². The number of nitrogens with two attached hydrogens (primary N) is 2. The molecule has 0 saturated heterocycles. The van der Waals surface area contributed by atoms with Gasteiger partial charge in [-0.2, -0.15) is 0 Å². The van der Waals surface area contributed by atoms with Crippen LogP contribution in [0, 0.1) is 10.8 Å². The van der Waals surface area contributed by atoms with E-state index >= 15 is 0 Å². The summed E-state index contributed by atoms with van der Waals surface area (Å²) in [5.74, 6) is -0.780. The molecule has 0 heterocycles. The molecule has 2 rings (SSSR count). The fraction of sp³-hybridized carbons (Fsp3) is 0.250. The minimum absolute atomic E-state index is 0.00675. The first kappa shape index (κ1) is 20.1. The first-order valence-corrected chi connectivity index (χ1v) is 8.69. The summed E-state index contributed by atoms with van der Waals surface area (Å²) >= 11 is 0. The number of nitrogen functional groups attached to an aromatic ring is 2. The number of rotatable bonds is 10. The van der Waals surface area contributed by atoms with E-state index in [0.717, 1.165) is 11.1 Å². The van der Waals surface area contributed by atoms with E-state index in [1.165, 1.54) is 0 Å². The molecular formula is C20H25N5O2. The van der Waals surface area contributed by atoms with Crippen LogP contribution in [0.1, 0.15) is 41.1 Å². The third kappa shape index (κ3) is 6.23. The Labute approximate surface area is 158 Å². The first-order chi connectivity index (χ1) is 12.9. The normalized spacial score (nSPS) is 11.7. The maximum atomic E-state index is 10.7. The van der Waals surface area contributed by atoms with Gasteiger partial charge >= 0.3 is 5.97 Å². The van der Waals surface area contributed by atoms with Crippen LogP contribution in [-0.2, 0) is 11.2 Å². The first-order valence-electron chi connectivity index (χ1n) is 8.69. The van der Waals surface area contributed by atoms with E-state index in [4.69, 9.17) is 27.4 Å². The predicted molar refractivity (Wildman–Crippen MR) is 106 cm³/mol. The summed E-state index contributed by atoms with van der Waals surface area (Å²) in [5, 5.41) is 27.3. The molecule has 2 aromatic carbocycles. The quantitative estimate of drug-likeness (QED) is 0.216. The summed E-state index contributed by atoms with van der Waals surface area (Å²) in [5.41, 5.74) is 14.5. The van der Waals surface area contributed by atoms with Crippen molar-refractivity contribution >= 4 is 17.6 Å². The minimum atomic E-state index is -0.813. The highest BCUT2D eigenvalue weighted by atomic mass is 16.4. The third-order valence-electron chi connectivity index (χ3n) is 4.26. The van der Waals surface area contributed by atoms with Crippen molar-refractivity contribution < 1.29 is 9.90 Å². The van der Waals surface area contributed by atoms with Crippen LogP contribution >= 0.6 is 0 Å². The van der Waals surface area contributed by atoms with Gasteiger partial charge in [0.25, 0.3) is 0 Å². The van der Waals surface area contributed by atoms with E-state index in [2.05, 4.69) is 5.32 Å². The second kappa shape index (κ2) is 9.49. The van der Waals surface area contributed by atoms with Crippen LogP contribution in [0.25, 0.3) is 0 Å². The SMILES string of the molecule is N=C(N)c1ccc(CC(NCCCC(=O)O)c2cccc(C(=N)N)c2)cc1. The second-order valence-electron chi connectivity index (χ2n) is 6.36. The Hall–Kier alpha value is -3.19. The zero-order valence-corrected chi connectivity index (χ0v) is 15.0. The molecule has 0 fully saturated rings. The fourth-order valence-corrected chi connectivity index (χ4v) is 2.80. The molecule has 0 aliphatic heterocycles. The van der Waals surface area contributed by atoms with Crippen LogP contribution in [0.4, 0.5) is 0 Å². The lowest BCUT2D eigenvalue weighted by atomic mass is 9.96. The molecule has 0 amide bonds. The smallest absolute Gasteiger partial charge is 0.303 e. The molecule has 0 radical (unpaired) electrons. The molecule has 7 nitrogen and oxygen atoms in total. The van der Waals surface area contributed by atoms with Gasteiger partial charge in [0.2, 0.25) is 0 Å². The molecule has 0 aromatic heterocycles. The highest BCUT2D eigenvalue weighted by Crippen LogP contribution is 2.20. The summed E-state index contributed by atoms with van der Waals surface area (Å²) in [6.45, 7) is 0.562. The lowest BCUT2D eigenvalue weighted by Gasteiger charge is -2.20. The van der Waals surface area contributed by atoms with Gasteiger partial charge in [0.15, 0.2) is 0 Å². The number of amidine groups is 2. The van der Waals surface area contributed by atoms with E-state index in [0.29, 0.717) is 30.5 Å². The zero-order chi connectivity index (χ0) is 19.8. The van der Waals surface area contributed by atoms with Gasteiger partial charge < -0.3 is 21.9 Å². The van der Waals surface area contributed by atoms with Crippen LogP contribution in [0.15, 0.2) is 48.5 Å². The van der Waals surface area contributed by atoms with Crippen molar-refractivity contribution in [3.8, 4) is 0 Å². The standard InChI is InChI=1S/C20H25N5O2/c21-19(22)14-8-6-13(7-9-14)11-17(25-10-2-5-18(26)27)15-3-1-4-16(12-15)20(23)24/h1,3-4,6-9,12,17,25H,2,5,10-11H2,(H3,21,22)(H3,23,24)(H,26,27). The number of carboxylic acid groups (broad SMARTS) is 1. The number of hydrogen-bond donors (Lipinski definition) is 6. The van der Waals surface area contributed by atoms with E-state index in [-0.39, 0.29) is 24.1 Å². The fourth-order valence-electron chi connectivity index (χ4n) is 2.80. The minimum Gasteiger partial charge on any atom is -0.481 e. The largest absolute Gasteiger partial charge is 0.481 e. The maximum Gasteiger partial charge on any atom is 0.303 e. The Morgan fingerprint density at radius 2 is 1.70 bits per heavy atom. The van der Waals surface area contributed by atoms with E-state index in [9.17, 15) is 4.79 Å². The van der Waals surface area contributed by atoms with Crippen molar-refractivity contribution in [2.24, 2.45) is 11.5 Å². The number of carboxylic acids is 1. The molecule has 1 atom stereocenters. The average Bonchev–Trinajstić information content (AvgIpc) is 2.64. The predicted octanol–water partition coefficient (Wildman–Crippen LogP) is 1.99. The summed E-state index contributed by atoms with van der Waals surface area (Å²) in [6.07, 6.45) is 1.31. The van der Waals surface area contributed by atoms with Crippen LogP contribution in [0.5, 0.6) is 0 Å². The van der Waals surface area contributed by atoms with Crippen molar-refractivity contribution in [3.63, 3.8) is 0 Å². The second-order valence-corrected chi connectivity index (χ2v) is 6.36. The van der Waals surface area contributed by atoms with Crippen LogP contribution in [-0.4, -0.2) is 29.3 Å². The van der Waals surface area contributed by atoms with E-state index < -0.39 is 5.97 Å². The summed E-state index contributed by atoms with van der Waals surface area (Å²) in [6, 6.07) is 14.9. The van der Waals surface area contributed by atoms with Gasteiger partial charge in [0.05, 0.1) is 0 Å². The van der Waals surface area contributed by atoms with E-state index in [1.54, 1.807) is 6.07 Å². The van der Waals surface area contributed by atoms with Crippen molar-refractivity contribution in [1.29, 1.82) is 10.8 Å². The van der Waals surface area contributed by atoms with Crippen LogP contribution in [0.3, 0.4) is 0 Å². The number of nitrogens with one attached hydrogen (secondary N) is 3. The zero-order valence-electron chi connectivity index (χ0n) is 15.0. The third-order valence-corrected chi connectivity index (χ3v) is 4.26. The maximum absolute atomic E-state index is 10.7. The molecule has 0 saturated carbocycles. The number of carbonyl (C=O) groups is 1. The molecular weight excluding hydrogens is 342 g/mol. The Morgan fingerprint density at radius 3 is 2.30 bits per heavy atom. The van der Waals surface area contributed by atoms with Gasteiger partial charge in [0, 0.05) is 23.6 Å². The number of hydrogen-bond acceptors (Lipinski definition) is 4. The van der Waals surface area contributed by atoms with Gasteiger partial charge in [-0.1, -0.05) is 42.5 Å².